The Morgan fingerprint density at radius 1 is 1.41 bits per heavy atom. The zero-order chi connectivity index (χ0) is 19.4. The molecule has 0 fully saturated rings. The molecule has 0 saturated heterocycles. The number of hydrogen-bond donors (Lipinski definition) is 1. The summed E-state index contributed by atoms with van der Waals surface area (Å²) in [6.07, 6.45) is 1.77. The van der Waals surface area contributed by atoms with Crippen LogP contribution < -0.4 is 9.47 Å². The molecule has 0 bridgehead atoms. The number of carbonyl (C=O) groups is 1. The zero-order valence-electron chi connectivity index (χ0n) is 15.2. The van der Waals surface area contributed by atoms with E-state index in [1.807, 2.05) is 35.8 Å². The number of fused-ring (bicyclic) bond motifs is 1. The number of Topliss-reactive ketones (excluding diaryl/α,β-unsaturated/α-hetero) is 1. The lowest BCUT2D eigenvalue weighted by Crippen LogP contribution is -2.21. The van der Waals surface area contributed by atoms with Crippen LogP contribution in [0.5, 0.6) is 11.5 Å². The second-order valence-electron chi connectivity index (χ2n) is 6.03. The van der Waals surface area contributed by atoms with E-state index in [4.69, 9.17) is 20.1 Å². The molecule has 140 valence electrons. The number of nitriles is 1. The molecule has 1 aromatic heterocycles. The number of nitrogens with zero attached hydrogens (tertiary/aromatic N) is 3. The lowest BCUT2D eigenvalue weighted by atomic mass is 10.0. The van der Waals surface area contributed by atoms with Crippen LogP contribution >= 0.6 is 11.8 Å². The van der Waals surface area contributed by atoms with Crippen LogP contribution in [0, 0.1) is 22.7 Å². The number of benzene rings is 1. The number of carbonyl (C=O) groups excluding carboxylic acids is 1. The van der Waals surface area contributed by atoms with Crippen molar-refractivity contribution >= 4 is 23.3 Å². The largest absolute Gasteiger partial charge is 0.486 e. The predicted octanol–water partition coefficient (Wildman–Crippen LogP) is 3.18. The normalized spacial score (nSPS) is 13.7. The van der Waals surface area contributed by atoms with Gasteiger partial charge in [-0.05, 0) is 32.0 Å². The van der Waals surface area contributed by atoms with Crippen LogP contribution in [0.1, 0.15) is 13.8 Å². The molecule has 2 heterocycles. The van der Waals surface area contributed by atoms with Gasteiger partial charge in [0.15, 0.2) is 22.4 Å². The Balaban J connectivity index is 1.80. The molecule has 1 aliphatic heterocycles. The summed E-state index contributed by atoms with van der Waals surface area (Å²) < 4.78 is 13.2. The third kappa shape index (κ3) is 3.98. The maximum absolute atomic E-state index is 12.2. The van der Waals surface area contributed by atoms with Gasteiger partial charge in [-0.1, -0.05) is 11.8 Å². The highest BCUT2D eigenvalue weighted by Gasteiger charge is 2.22. The molecule has 0 unspecified atom stereocenters. The summed E-state index contributed by atoms with van der Waals surface area (Å²) in [6, 6.07) is 7.66. The number of hydrogen-bond acceptors (Lipinski definition) is 7. The molecule has 0 saturated carbocycles. The number of rotatable bonds is 7. The van der Waals surface area contributed by atoms with E-state index in [0.717, 1.165) is 17.0 Å². The number of ether oxygens (including phenoxy) is 2. The third-order valence-electron chi connectivity index (χ3n) is 4.20. The summed E-state index contributed by atoms with van der Waals surface area (Å²) in [7, 11) is 0. The van der Waals surface area contributed by atoms with Crippen molar-refractivity contribution in [2.75, 3.05) is 19.0 Å². The van der Waals surface area contributed by atoms with Gasteiger partial charge in [0.25, 0.3) is 0 Å². The topological polar surface area (TPSA) is 101 Å². The highest BCUT2D eigenvalue weighted by atomic mass is 32.2. The summed E-state index contributed by atoms with van der Waals surface area (Å²) >= 11 is 1.28. The fourth-order valence-electron chi connectivity index (χ4n) is 2.84. The molecule has 1 aromatic carbocycles. The van der Waals surface area contributed by atoms with E-state index in [0.29, 0.717) is 30.7 Å². The quantitative estimate of drug-likeness (QED) is 0.581. The van der Waals surface area contributed by atoms with Gasteiger partial charge >= 0.3 is 0 Å². The molecule has 8 heteroatoms. The van der Waals surface area contributed by atoms with Crippen LogP contribution in [0.25, 0.3) is 11.3 Å². The van der Waals surface area contributed by atoms with Crippen molar-refractivity contribution in [2.24, 2.45) is 5.92 Å². The molecule has 0 aliphatic carbocycles. The Labute approximate surface area is 161 Å². The number of nitrogens with one attached hydrogen (secondary N) is 1. The molecule has 27 heavy (non-hydrogen) atoms. The van der Waals surface area contributed by atoms with Crippen molar-refractivity contribution in [2.45, 2.75) is 25.5 Å². The van der Waals surface area contributed by atoms with E-state index in [1.165, 1.54) is 18.7 Å². The second-order valence-corrected chi connectivity index (χ2v) is 6.97. The molecule has 2 aromatic rings. The first-order valence-electron chi connectivity index (χ1n) is 8.60. The monoisotopic (exact) mass is 384 g/mol. The highest BCUT2D eigenvalue weighted by Crippen LogP contribution is 2.35. The molecular formula is C19H20N4O3S. The maximum Gasteiger partial charge on any atom is 0.168 e. The predicted molar refractivity (Wildman–Crippen MR) is 103 cm³/mol. The van der Waals surface area contributed by atoms with Crippen LogP contribution in [0.3, 0.4) is 0 Å². The van der Waals surface area contributed by atoms with E-state index in [2.05, 4.69) is 4.98 Å². The number of ketones is 1. The minimum atomic E-state index is -0.986. The number of aromatic nitrogens is 2. The smallest absolute Gasteiger partial charge is 0.168 e. The van der Waals surface area contributed by atoms with Gasteiger partial charge in [0.2, 0.25) is 0 Å². The molecule has 3 rings (SSSR count). The van der Waals surface area contributed by atoms with Gasteiger partial charge in [0.05, 0.1) is 23.7 Å². The first-order chi connectivity index (χ1) is 13.0. The summed E-state index contributed by atoms with van der Waals surface area (Å²) in [4.78, 5) is 16.6. The Hall–Kier alpha value is -2.79. The Morgan fingerprint density at radius 3 is 2.81 bits per heavy atom. The molecule has 0 spiro atoms. The second kappa shape index (κ2) is 8.27. The van der Waals surface area contributed by atoms with Gasteiger partial charge in [0.1, 0.15) is 19.1 Å². The fraction of sp³-hybridized carbons (Fsp3) is 0.368. The van der Waals surface area contributed by atoms with E-state index in [9.17, 15) is 4.79 Å². The Morgan fingerprint density at radius 2 is 2.15 bits per heavy atom. The van der Waals surface area contributed by atoms with Crippen molar-refractivity contribution in [1.29, 1.82) is 10.7 Å². The van der Waals surface area contributed by atoms with Crippen LogP contribution in [-0.2, 0) is 11.3 Å². The SMILES string of the molecule is CCn1c(-c2ccc3c(c2)OCCO3)cnc1SCC(=O)[C@@H](C#N)C(C)=N. The molecular weight excluding hydrogens is 364 g/mol. The minimum Gasteiger partial charge on any atom is -0.486 e. The highest BCUT2D eigenvalue weighted by molar-refractivity contribution is 7.99. The minimum absolute atomic E-state index is 0.0684. The van der Waals surface area contributed by atoms with E-state index >= 15 is 0 Å². The van der Waals surface area contributed by atoms with Gasteiger partial charge in [-0.15, -0.1) is 0 Å². The molecule has 0 amide bonds. The molecule has 1 aliphatic rings. The summed E-state index contributed by atoms with van der Waals surface area (Å²) in [6.45, 7) is 5.25. The number of imidazole rings is 1. The number of thioether (sulfide) groups is 1. The molecule has 1 N–H and O–H groups in total. The van der Waals surface area contributed by atoms with Gasteiger partial charge < -0.3 is 19.5 Å². The molecule has 0 radical (unpaired) electrons. The van der Waals surface area contributed by atoms with Gasteiger partial charge in [0, 0.05) is 17.8 Å². The van der Waals surface area contributed by atoms with Crippen molar-refractivity contribution in [3.8, 4) is 28.8 Å². The maximum atomic E-state index is 12.2. The lowest BCUT2D eigenvalue weighted by molar-refractivity contribution is -0.117. The third-order valence-corrected chi connectivity index (χ3v) is 5.21. The van der Waals surface area contributed by atoms with E-state index in [1.54, 1.807) is 6.20 Å². The summed E-state index contributed by atoms with van der Waals surface area (Å²) in [5.74, 6) is 0.287. The zero-order valence-corrected chi connectivity index (χ0v) is 16.0. The van der Waals surface area contributed by atoms with Crippen molar-refractivity contribution in [3.05, 3.63) is 24.4 Å². The fourth-order valence-corrected chi connectivity index (χ4v) is 3.79. The Bertz CT molecular complexity index is 916. The van der Waals surface area contributed by atoms with Crippen LogP contribution in [0.15, 0.2) is 29.6 Å². The van der Waals surface area contributed by atoms with Crippen LogP contribution in [0.4, 0.5) is 0 Å². The van der Waals surface area contributed by atoms with E-state index in [-0.39, 0.29) is 17.2 Å². The molecule has 1 atom stereocenters. The summed E-state index contributed by atoms with van der Waals surface area (Å²) in [5.41, 5.74) is 1.94. The average molecular weight is 384 g/mol. The van der Waals surface area contributed by atoms with Crippen LogP contribution in [0.2, 0.25) is 0 Å². The van der Waals surface area contributed by atoms with E-state index < -0.39 is 5.92 Å². The van der Waals surface area contributed by atoms with Gasteiger partial charge in [-0.25, -0.2) is 4.98 Å². The standard InChI is InChI=1S/C19H20N4O3S/c1-3-23-15(13-4-5-17-18(8-13)26-7-6-25-17)10-22-19(23)27-11-16(24)14(9-20)12(2)21/h4-5,8,10,14,21H,3,6-7,11H2,1-2H3/t14-/m0/s1. The first kappa shape index (κ1) is 19.0. The van der Waals surface area contributed by atoms with Gasteiger partial charge in [-0.2, -0.15) is 5.26 Å². The van der Waals surface area contributed by atoms with Crippen molar-refractivity contribution < 1.29 is 14.3 Å². The van der Waals surface area contributed by atoms with Crippen molar-refractivity contribution in [3.63, 3.8) is 0 Å². The van der Waals surface area contributed by atoms with Crippen LogP contribution in [-0.4, -0.2) is 40.0 Å². The van der Waals surface area contributed by atoms with Crippen molar-refractivity contribution in [1.82, 2.24) is 9.55 Å². The first-order valence-corrected chi connectivity index (χ1v) is 9.59. The lowest BCUT2D eigenvalue weighted by Gasteiger charge is -2.19. The Kier molecular flexibility index (Phi) is 5.81. The van der Waals surface area contributed by atoms with Gasteiger partial charge in [-0.3, -0.25) is 4.79 Å². The summed E-state index contributed by atoms with van der Waals surface area (Å²) in [5, 5.41) is 17.3. The average Bonchev–Trinajstić information content (AvgIpc) is 3.09. The molecule has 7 nitrogen and oxygen atoms in total.